The summed E-state index contributed by atoms with van der Waals surface area (Å²) in [6.07, 6.45) is 2.05. The Labute approximate surface area is 79.4 Å². The molecule has 1 aromatic rings. The van der Waals surface area contributed by atoms with Crippen LogP contribution in [-0.4, -0.2) is 16.3 Å². The number of aliphatic hydroxyl groups is 1. The topological polar surface area (TPSA) is 72.6 Å². The van der Waals surface area contributed by atoms with Gasteiger partial charge in [0.05, 0.1) is 4.92 Å². The molecule has 1 N–H and O–H groups in total. The van der Waals surface area contributed by atoms with E-state index >= 15 is 0 Å². The van der Waals surface area contributed by atoms with Crippen LogP contribution < -0.4 is 4.74 Å². The third-order valence-electron chi connectivity index (χ3n) is 1.89. The summed E-state index contributed by atoms with van der Waals surface area (Å²) >= 11 is 0. The molecular weight excluding hydrogens is 186 g/mol. The molecule has 5 heteroatoms. The number of non-ortho nitro benzene ring substituents is 1. The van der Waals surface area contributed by atoms with Crippen molar-refractivity contribution < 1.29 is 14.8 Å². The molecule has 72 valence electrons. The van der Waals surface area contributed by atoms with Crippen LogP contribution in [0.2, 0.25) is 0 Å². The highest BCUT2D eigenvalue weighted by Crippen LogP contribution is 2.28. The van der Waals surface area contributed by atoms with Crippen molar-refractivity contribution in [3.63, 3.8) is 0 Å². The fourth-order valence-corrected chi connectivity index (χ4v) is 1.24. The Morgan fingerprint density at radius 2 is 2.29 bits per heavy atom. The second kappa shape index (κ2) is 3.12. The summed E-state index contributed by atoms with van der Waals surface area (Å²) in [6, 6.07) is 4.21. The van der Waals surface area contributed by atoms with Gasteiger partial charge in [0.25, 0.3) is 5.69 Å². The number of rotatable bonds is 1. The van der Waals surface area contributed by atoms with Crippen LogP contribution in [0.4, 0.5) is 5.69 Å². The number of benzene rings is 1. The summed E-state index contributed by atoms with van der Waals surface area (Å²) in [7, 11) is 0. The Hall–Kier alpha value is -1.88. The Bertz CT molecular complexity index is 413. The van der Waals surface area contributed by atoms with Crippen molar-refractivity contribution in [1.29, 1.82) is 0 Å². The molecule has 1 aliphatic heterocycles. The maximum Gasteiger partial charge on any atom is 0.270 e. The first-order valence-corrected chi connectivity index (χ1v) is 3.98. The molecule has 1 aromatic carbocycles. The number of nitro benzene ring substituents is 1. The zero-order chi connectivity index (χ0) is 10.1. The third kappa shape index (κ3) is 1.45. The van der Waals surface area contributed by atoms with Crippen LogP contribution in [-0.2, 0) is 0 Å². The zero-order valence-electron chi connectivity index (χ0n) is 7.08. The molecule has 14 heavy (non-hydrogen) atoms. The van der Waals surface area contributed by atoms with E-state index in [9.17, 15) is 10.1 Å². The van der Waals surface area contributed by atoms with Gasteiger partial charge in [-0.1, -0.05) is 0 Å². The highest BCUT2D eigenvalue weighted by molar-refractivity contribution is 5.62. The molecule has 0 spiro atoms. The van der Waals surface area contributed by atoms with Crippen molar-refractivity contribution in [2.75, 3.05) is 0 Å². The maximum atomic E-state index is 10.4. The van der Waals surface area contributed by atoms with Crippen molar-refractivity contribution >= 4 is 11.8 Å². The highest BCUT2D eigenvalue weighted by atomic mass is 16.6. The van der Waals surface area contributed by atoms with Gasteiger partial charge in [-0.05, 0) is 18.2 Å². The summed E-state index contributed by atoms with van der Waals surface area (Å²) in [4.78, 5) is 9.97. The molecule has 2 rings (SSSR count). The Kier molecular flexibility index (Phi) is 1.94. The Morgan fingerprint density at radius 1 is 1.50 bits per heavy atom. The van der Waals surface area contributed by atoms with Gasteiger partial charge in [-0.2, -0.15) is 0 Å². The zero-order valence-corrected chi connectivity index (χ0v) is 7.08. The fourth-order valence-electron chi connectivity index (χ4n) is 1.24. The standard InChI is InChI=1S/C9H7NO4/c11-9-4-1-6-5-7(10(12)13)2-3-8(6)14-9/h1-5,9,11H/t9-/m0/s1. The molecule has 0 aromatic heterocycles. The summed E-state index contributed by atoms with van der Waals surface area (Å²) in [5, 5.41) is 19.5. The van der Waals surface area contributed by atoms with E-state index in [2.05, 4.69) is 0 Å². The van der Waals surface area contributed by atoms with Crippen LogP contribution in [0.3, 0.4) is 0 Å². The molecule has 0 bridgehead atoms. The van der Waals surface area contributed by atoms with Crippen molar-refractivity contribution in [3.8, 4) is 5.75 Å². The molecule has 0 amide bonds. The quantitative estimate of drug-likeness (QED) is 0.539. The molecule has 1 aliphatic rings. The number of fused-ring (bicyclic) bond motifs is 1. The minimum atomic E-state index is -0.969. The maximum absolute atomic E-state index is 10.4. The van der Waals surface area contributed by atoms with Crippen LogP contribution in [0.25, 0.3) is 6.08 Å². The van der Waals surface area contributed by atoms with Crippen molar-refractivity contribution in [2.45, 2.75) is 6.29 Å². The normalized spacial score (nSPS) is 18.5. The van der Waals surface area contributed by atoms with Gasteiger partial charge in [0.2, 0.25) is 6.29 Å². The lowest BCUT2D eigenvalue weighted by Crippen LogP contribution is -2.15. The first-order chi connectivity index (χ1) is 6.66. The van der Waals surface area contributed by atoms with Crippen molar-refractivity contribution in [3.05, 3.63) is 40.0 Å². The van der Waals surface area contributed by atoms with E-state index in [0.717, 1.165) is 0 Å². The monoisotopic (exact) mass is 193 g/mol. The number of hydrogen-bond donors (Lipinski definition) is 1. The molecule has 5 nitrogen and oxygen atoms in total. The van der Waals surface area contributed by atoms with E-state index in [0.29, 0.717) is 11.3 Å². The molecule has 0 radical (unpaired) electrons. The SMILES string of the molecule is O=[N+]([O-])c1ccc2c(c1)C=C[C@@H](O)O2. The second-order valence-electron chi connectivity index (χ2n) is 2.85. The summed E-state index contributed by atoms with van der Waals surface area (Å²) in [5.74, 6) is 0.450. The predicted octanol–water partition coefficient (Wildman–Crippen LogP) is 1.32. The van der Waals surface area contributed by atoms with Crippen LogP contribution in [0.15, 0.2) is 24.3 Å². The van der Waals surface area contributed by atoms with Crippen LogP contribution in [0.1, 0.15) is 5.56 Å². The summed E-state index contributed by atoms with van der Waals surface area (Å²) in [5.41, 5.74) is 0.609. The van der Waals surface area contributed by atoms with Crippen LogP contribution >= 0.6 is 0 Å². The average molecular weight is 193 g/mol. The van der Waals surface area contributed by atoms with Gasteiger partial charge in [0, 0.05) is 17.7 Å². The second-order valence-corrected chi connectivity index (χ2v) is 2.85. The Morgan fingerprint density at radius 3 is 3.00 bits per heavy atom. The average Bonchev–Trinajstić information content (AvgIpc) is 2.16. The van der Waals surface area contributed by atoms with E-state index in [1.54, 1.807) is 6.08 Å². The van der Waals surface area contributed by atoms with Gasteiger partial charge in [0.1, 0.15) is 5.75 Å². The first-order valence-electron chi connectivity index (χ1n) is 3.98. The van der Waals surface area contributed by atoms with E-state index in [1.807, 2.05) is 0 Å². The number of aliphatic hydroxyl groups excluding tert-OH is 1. The van der Waals surface area contributed by atoms with Gasteiger partial charge in [0.15, 0.2) is 0 Å². The molecule has 1 heterocycles. The smallest absolute Gasteiger partial charge is 0.270 e. The van der Waals surface area contributed by atoms with Crippen LogP contribution in [0.5, 0.6) is 5.75 Å². The molecular formula is C9H7NO4. The van der Waals surface area contributed by atoms with Gasteiger partial charge in [-0.25, -0.2) is 0 Å². The van der Waals surface area contributed by atoms with E-state index in [1.165, 1.54) is 24.3 Å². The predicted molar refractivity (Wildman–Crippen MR) is 48.8 cm³/mol. The van der Waals surface area contributed by atoms with Crippen molar-refractivity contribution in [2.24, 2.45) is 0 Å². The van der Waals surface area contributed by atoms with Gasteiger partial charge >= 0.3 is 0 Å². The molecule has 0 saturated heterocycles. The molecule has 0 unspecified atom stereocenters. The Balaban J connectivity index is 2.44. The van der Waals surface area contributed by atoms with Crippen molar-refractivity contribution in [1.82, 2.24) is 0 Å². The fraction of sp³-hybridized carbons (Fsp3) is 0.111. The van der Waals surface area contributed by atoms with Gasteiger partial charge in [-0.3, -0.25) is 10.1 Å². The minimum absolute atomic E-state index is 0.00777. The van der Waals surface area contributed by atoms with E-state index in [4.69, 9.17) is 9.84 Å². The summed E-state index contributed by atoms with van der Waals surface area (Å²) < 4.78 is 5.01. The number of hydrogen-bond acceptors (Lipinski definition) is 4. The highest BCUT2D eigenvalue weighted by Gasteiger charge is 2.15. The first kappa shape index (κ1) is 8.71. The number of ether oxygens (including phenoxy) is 1. The summed E-state index contributed by atoms with van der Waals surface area (Å²) in [6.45, 7) is 0. The number of nitro groups is 1. The van der Waals surface area contributed by atoms with E-state index < -0.39 is 11.2 Å². The third-order valence-corrected chi connectivity index (χ3v) is 1.89. The lowest BCUT2D eigenvalue weighted by atomic mass is 10.1. The van der Waals surface area contributed by atoms with Crippen LogP contribution in [0, 0.1) is 10.1 Å². The van der Waals surface area contributed by atoms with Gasteiger partial charge in [-0.15, -0.1) is 0 Å². The molecule has 1 atom stereocenters. The largest absolute Gasteiger partial charge is 0.461 e. The number of nitrogens with zero attached hydrogens (tertiary/aromatic N) is 1. The molecule has 0 fully saturated rings. The minimum Gasteiger partial charge on any atom is -0.461 e. The van der Waals surface area contributed by atoms with E-state index in [-0.39, 0.29) is 5.69 Å². The lowest BCUT2D eigenvalue weighted by Gasteiger charge is -2.16. The van der Waals surface area contributed by atoms with Gasteiger partial charge < -0.3 is 9.84 Å². The lowest BCUT2D eigenvalue weighted by molar-refractivity contribution is -0.384. The molecule has 0 saturated carbocycles. The molecule has 0 aliphatic carbocycles.